The SMILES string of the molecule is CCCCCCCCC/C=C/CCCCCC(=O)CC. The molecule has 0 aliphatic heterocycles. The first-order chi connectivity index (χ1) is 9.81. The highest BCUT2D eigenvalue weighted by atomic mass is 16.1. The number of hydrogen-bond donors (Lipinski definition) is 0. The Morgan fingerprint density at radius 2 is 1.20 bits per heavy atom. The van der Waals surface area contributed by atoms with E-state index in [2.05, 4.69) is 19.1 Å². The summed E-state index contributed by atoms with van der Waals surface area (Å²) in [6.45, 7) is 4.22. The van der Waals surface area contributed by atoms with E-state index in [1.165, 1.54) is 70.6 Å². The maximum Gasteiger partial charge on any atom is 0.132 e. The normalized spacial score (nSPS) is 11.3. The summed E-state index contributed by atoms with van der Waals surface area (Å²) in [5.41, 5.74) is 0. The Labute approximate surface area is 127 Å². The fourth-order valence-corrected chi connectivity index (χ4v) is 2.39. The molecule has 0 amide bonds. The molecule has 0 saturated heterocycles. The Morgan fingerprint density at radius 3 is 1.75 bits per heavy atom. The second-order valence-electron chi connectivity index (χ2n) is 5.87. The van der Waals surface area contributed by atoms with Crippen molar-refractivity contribution < 1.29 is 4.79 Å². The summed E-state index contributed by atoms with van der Waals surface area (Å²) >= 11 is 0. The van der Waals surface area contributed by atoms with Gasteiger partial charge in [0.05, 0.1) is 0 Å². The van der Waals surface area contributed by atoms with Crippen LogP contribution in [0.5, 0.6) is 0 Å². The molecule has 1 nitrogen and oxygen atoms in total. The molecule has 0 aliphatic rings. The fraction of sp³-hybridized carbons (Fsp3) is 0.842. The summed E-state index contributed by atoms with van der Waals surface area (Å²) in [7, 11) is 0. The Bertz CT molecular complexity index is 230. The summed E-state index contributed by atoms with van der Waals surface area (Å²) in [5, 5.41) is 0. The first kappa shape index (κ1) is 19.4. The molecule has 0 aromatic carbocycles. The summed E-state index contributed by atoms with van der Waals surface area (Å²) in [4.78, 5) is 11.1. The van der Waals surface area contributed by atoms with Crippen molar-refractivity contribution in [2.75, 3.05) is 0 Å². The Balaban J connectivity index is 3.11. The molecule has 0 aromatic rings. The third-order valence-corrected chi connectivity index (χ3v) is 3.86. The monoisotopic (exact) mass is 280 g/mol. The van der Waals surface area contributed by atoms with Crippen molar-refractivity contribution in [3.05, 3.63) is 12.2 Å². The molecule has 0 N–H and O–H groups in total. The predicted octanol–water partition coefficient (Wildman–Crippen LogP) is 6.61. The van der Waals surface area contributed by atoms with Gasteiger partial charge in [-0.15, -0.1) is 0 Å². The number of hydrogen-bond acceptors (Lipinski definition) is 1. The van der Waals surface area contributed by atoms with E-state index < -0.39 is 0 Å². The van der Waals surface area contributed by atoms with Gasteiger partial charge in [0.2, 0.25) is 0 Å². The predicted molar refractivity (Wildman–Crippen MR) is 90.1 cm³/mol. The lowest BCUT2D eigenvalue weighted by Crippen LogP contribution is -1.93. The van der Waals surface area contributed by atoms with Gasteiger partial charge in [0.25, 0.3) is 0 Å². The molecule has 0 radical (unpaired) electrons. The fourth-order valence-electron chi connectivity index (χ4n) is 2.39. The van der Waals surface area contributed by atoms with Gasteiger partial charge in [-0.1, -0.05) is 70.9 Å². The van der Waals surface area contributed by atoms with E-state index >= 15 is 0 Å². The molecule has 0 saturated carbocycles. The lowest BCUT2D eigenvalue weighted by molar-refractivity contribution is -0.118. The second-order valence-corrected chi connectivity index (χ2v) is 5.87. The number of Topliss-reactive ketones (excluding diaryl/α,β-unsaturated/α-hetero) is 1. The van der Waals surface area contributed by atoms with Gasteiger partial charge in [0.1, 0.15) is 5.78 Å². The molecule has 0 heterocycles. The molecule has 0 bridgehead atoms. The van der Waals surface area contributed by atoms with Crippen molar-refractivity contribution in [2.24, 2.45) is 0 Å². The smallest absolute Gasteiger partial charge is 0.132 e. The zero-order chi connectivity index (χ0) is 14.9. The summed E-state index contributed by atoms with van der Waals surface area (Å²) < 4.78 is 0. The topological polar surface area (TPSA) is 17.1 Å². The summed E-state index contributed by atoms with van der Waals surface area (Å²) in [6.07, 6.45) is 21.9. The van der Waals surface area contributed by atoms with Crippen molar-refractivity contribution in [1.29, 1.82) is 0 Å². The molecule has 0 atom stereocenters. The highest BCUT2D eigenvalue weighted by molar-refractivity contribution is 5.77. The Kier molecular flexibility index (Phi) is 16.0. The van der Waals surface area contributed by atoms with Gasteiger partial charge in [0.15, 0.2) is 0 Å². The second kappa shape index (κ2) is 16.5. The van der Waals surface area contributed by atoms with E-state index in [9.17, 15) is 4.79 Å². The van der Waals surface area contributed by atoms with Gasteiger partial charge in [-0.3, -0.25) is 4.79 Å². The zero-order valence-electron chi connectivity index (χ0n) is 14.0. The maximum atomic E-state index is 11.1. The van der Waals surface area contributed by atoms with E-state index in [4.69, 9.17) is 0 Å². The molecule has 20 heavy (non-hydrogen) atoms. The zero-order valence-corrected chi connectivity index (χ0v) is 14.0. The van der Waals surface area contributed by atoms with Gasteiger partial charge < -0.3 is 0 Å². The number of rotatable bonds is 15. The van der Waals surface area contributed by atoms with Crippen molar-refractivity contribution in [3.63, 3.8) is 0 Å². The van der Waals surface area contributed by atoms with E-state index in [0.717, 1.165) is 12.8 Å². The molecule has 0 aromatic heterocycles. The molecular weight excluding hydrogens is 244 g/mol. The lowest BCUT2D eigenvalue weighted by Gasteiger charge is -1.99. The molecule has 0 unspecified atom stereocenters. The number of allylic oxidation sites excluding steroid dienone is 2. The van der Waals surface area contributed by atoms with E-state index in [1.54, 1.807) is 0 Å². The maximum absolute atomic E-state index is 11.1. The third kappa shape index (κ3) is 15.5. The van der Waals surface area contributed by atoms with Gasteiger partial charge in [-0.05, 0) is 32.1 Å². The average Bonchev–Trinajstić information content (AvgIpc) is 2.47. The average molecular weight is 280 g/mol. The van der Waals surface area contributed by atoms with E-state index in [0.29, 0.717) is 12.2 Å². The number of carbonyl (C=O) groups is 1. The highest BCUT2D eigenvalue weighted by Gasteiger charge is 1.96. The summed E-state index contributed by atoms with van der Waals surface area (Å²) in [5.74, 6) is 0.416. The third-order valence-electron chi connectivity index (χ3n) is 3.86. The molecule has 0 fully saturated rings. The van der Waals surface area contributed by atoms with Crippen molar-refractivity contribution in [1.82, 2.24) is 0 Å². The molecule has 1 heteroatoms. The highest BCUT2D eigenvalue weighted by Crippen LogP contribution is 2.09. The number of unbranched alkanes of at least 4 members (excludes halogenated alkanes) is 10. The number of carbonyl (C=O) groups excluding carboxylic acids is 1. The van der Waals surface area contributed by atoms with Crippen LogP contribution in [0.15, 0.2) is 12.2 Å². The molecular formula is C19H36O. The van der Waals surface area contributed by atoms with Crippen LogP contribution in [0.1, 0.15) is 104 Å². The van der Waals surface area contributed by atoms with E-state index in [-0.39, 0.29) is 0 Å². The van der Waals surface area contributed by atoms with Gasteiger partial charge in [-0.25, -0.2) is 0 Å². The van der Waals surface area contributed by atoms with Gasteiger partial charge in [-0.2, -0.15) is 0 Å². The molecule has 0 aliphatic carbocycles. The number of ketones is 1. The van der Waals surface area contributed by atoms with Crippen molar-refractivity contribution in [3.8, 4) is 0 Å². The van der Waals surface area contributed by atoms with Crippen LogP contribution in [0.4, 0.5) is 0 Å². The molecule has 0 spiro atoms. The van der Waals surface area contributed by atoms with Crippen LogP contribution in [0.25, 0.3) is 0 Å². The molecule has 0 rings (SSSR count). The Morgan fingerprint density at radius 1 is 0.700 bits per heavy atom. The van der Waals surface area contributed by atoms with E-state index in [1.807, 2.05) is 6.92 Å². The van der Waals surface area contributed by atoms with Crippen molar-refractivity contribution >= 4 is 5.78 Å². The van der Waals surface area contributed by atoms with Crippen LogP contribution in [0.2, 0.25) is 0 Å². The minimum Gasteiger partial charge on any atom is -0.300 e. The minimum absolute atomic E-state index is 0.416. The first-order valence-electron chi connectivity index (χ1n) is 8.98. The van der Waals surface area contributed by atoms with Crippen LogP contribution < -0.4 is 0 Å². The standard InChI is InChI=1S/C19H36O/c1-3-5-6-7-8-9-10-11-12-13-14-15-16-17-18-19(20)4-2/h12-13H,3-11,14-18H2,1-2H3/b13-12+. The minimum atomic E-state index is 0.416. The van der Waals surface area contributed by atoms with Crippen LogP contribution in [0.3, 0.4) is 0 Å². The van der Waals surface area contributed by atoms with Crippen molar-refractivity contribution in [2.45, 2.75) is 104 Å². The van der Waals surface area contributed by atoms with Crippen LogP contribution in [0, 0.1) is 0 Å². The van der Waals surface area contributed by atoms with Crippen LogP contribution in [-0.4, -0.2) is 5.78 Å². The quantitative estimate of drug-likeness (QED) is 0.243. The van der Waals surface area contributed by atoms with Crippen LogP contribution >= 0.6 is 0 Å². The van der Waals surface area contributed by atoms with Gasteiger partial charge >= 0.3 is 0 Å². The summed E-state index contributed by atoms with van der Waals surface area (Å²) in [6, 6.07) is 0. The van der Waals surface area contributed by atoms with Gasteiger partial charge in [0, 0.05) is 12.8 Å². The molecule has 118 valence electrons. The van der Waals surface area contributed by atoms with Crippen LogP contribution in [-0.2, 0) is 4.79 Å². The first-order valence-corrected chi connectivity index (χ1v) is 8.98. The largest absolute Gasteiger partial charge is 0.300 e. The Hall–Kier alpha value is -0.590. The lowest BCUT2D eigenvalue weighted by atomic mass is 10.1.